The molecule has 0 aliphatic carbocycles. The Kier molecular flexibility index (Phi) is 12.0. The molecule has 0 spiro atoms. The number of rotatable bonds is 12. The number of esters is 1. The maximum Gasteiger partial charge on any atom is 0.330 e. The Morgan fingerprint density at radius 3 is 2.72 bits per heavy atom. The van der Waals surface area contributed by atoms with Crippen LogP contribution in [-0.2, 0) is 9.53 Å². The molecule has 0 saturated carbocycles. The van der Waals surface area contributed by atoms with E-state index < -0.39 is 0 Å². The largest absolute Gasteiger partial charge is 0.463 e. The third-order valence-electron chi connectivity index (χ3n) is 2.81. The Bertz CT molecular complexity index is 220. The lowest BCUT2D eigenvalue weighted by Gasteiger charge is -2.16. The Hall–Kier alpha value is -0.870. The van der Waals surface area contributed by atoms with Gasteiger partial charge < -0.3 is 15.4 Å². The van der Waals surface area contributed by atoms with Crippen LogP contribution in [0.4, 0.5) is 0 Å². The lowest BCUT2D eigenvalue weighted by atomic mass is 10.1. The van der Waals surface area contributed by atoms with Gasteiger partial charge in [-0.2, -0.15) is 0 Å². The van der Waals surface area contributed by atoms with Crippen molar-refractivity contribution in [2.45, 2.75) is 45.6 Å². The molecule has 4 nitrogen and oxygen atoms in total. The van der Waals surface area contributed by atoms with E-state index in [1.54, 1.807) is 0 Å². The van der Waals surface area contributed by atoms with Crippen molar-refractivity contribution in [1.82, 2.24) is 10.6 Å². The summed E-state index contributed by atoms with van der Waals surface area (Å²) in [6, 6.07) is 0.522. The second kappa shape index (κ2) is 12.6. The summed E-state index contributed by atoms with van der Waals surface area (Å²) in [7, 11) is 0. The molecule has 1 unspecified atom stereocenters. The van der Waals surface area contributed by atoms with E-state index in [4.69, 9.17) is 4.74 Å². The normalized spacial score (nSPS) is 12.1. The molecule has 0 aliphatic rings. The van der Waals surface area contributed by atoms with E-state index in [1.807, 2.05) is 0 Å². The minimum atomic E-state index is -0.332. The van der Waals surface area contributed by atoms with Gasteiger partial charge in [0.15, 0.2) is 0 Å². The first-order valence-electron chi connectivity index (χ1n) is 6.97. The predicted molar refractivity (Wildman–Crippen MR) is 75.6 cm³/mol. The van der Waals surface area contributed by atoms with Gasteiger partial charge in [0.1, 0.15) is 0 Å². The lowest BCUT2D eigenvalue weighted by molar-refractivity contribution is -0.137. The third kappa shape index (κ3) is 10.3. The molecule has 106 valence electrons. The minimum Gasteiger partial charge on any atom is -0.463 e. The molecular formula is C14H28N2O2. The molecule has 0 radical (unpaired) electrons. The van der Waals surface area contributed by atoms with Gasteiger partial charge in [-0.05, 0) is 45.3 Å². The first kappa shape index (κ1) is 17.1. The highest BCUT2D eigenvalue weighted by Crippen LogP contribution is 2.02. The highest BCUT2D eigenvalue weighted by Gasteiger charge is 2.05. The van der Waals surface area contributed by atoms with Crippen molar-refractivity contribution in [2.75, 3.05) is 26.2 Å². The van der Waals surface area contributed by atoms with Crippen molar-refractivity contribution in [3.63, 3.8) is 0 Å². The van der Waals surface area contributed by atoms with Gasteiger partial charge in [-0.25, -0.2) is 4.79 Å². The van der Waals surface area contributed by atoms with Crippen molar-refractivity contribution in [3.05, 3.63) is 12.7 Å². The van der Waals surface area contributed by atoms with Crippen molar-refractivity contribution in [3.8, 4) is 0 Å². The average Bonchev–Trinajstić information content (AvgIpc) is 2.40. The van der Waals surface area contributed by atoms with Crippen molar-refractivity contribution in [1.29, 1.82) is 0 Å². The molecule has 0 aromatic heterocycles. The third-order valence-corrected chi connectivity index (χ3v) is 2.81. The van der Waals surface area contributed by atoms with Crippen LogP contribution in [-0.4, -0.2) is 38.3 Å². The zero-order valence-electron chi connectivity index (χ0n) is 11.8. The number of hydrogen-bond donors (Lipinski definition) is 2. The topological polar surface area (TPSA) is 50.4 Å². The maximum absolute atomic E-state index is 10.8. The van der Waals surface area contributed by atoms with Crippen LogP contribution in [0.3, 0.4) is 0 Å². The highest BCUT2D eigenvalue weighted by molar-refractivity contribution is 5.81. The van der Waals surface area contributed by atoms with Crippen LogP contribution >= 0.6 is 0 Å². The zero-order valence-corrected chi connectivity index (χ0v) is 11.8. The number of nitrogens with one attached hydrogen (secondary N) is 2. The zero-order chi connectivity index (χ0) is 13.6. The van der Waals surface area contributed by atoms with E-state index >= 15 is 0 Å². The molecule has 0 saturated heterocycles. The van der Waals surface area contributed by atoms with Gasteiger partial charge in [-0.15, -0.1) is 0 Å². The van der Waals surface area contributed by atoms with Gasteiger partial charge >= 0.3 is 5.97 Å². The molecule has 18 heavy (non-hydrogen) atoms. The van der Waals surface area contributed by atoms with Crippen molar-refractivity contribution >= 4 is 5.97 Å². The van der Waals surface area contributed by atoms with E-state index in [1.165, 1.54) is 6.08 Å². The van der Waals surface area contributed by atoms with E-state index in [0.717, 1.165) is 45.3 Å². The van der Waals surface area contributed by atoms with Crippen LogP contribution in [0.25, 0.3) is 0 Å². The molecular weight excluding hydrogens is 228 g/mol. The summed E-state index contributed by atoms with van der Waals surface area (Å²) >= 11 is 0. The van der Waals surface area contributed by atoms with Gasteiger partial charge in [0.05, 0.1) is 6.61 Å². The standard InChI is InChI=1S/C14H28N2O2/c1-4-13(16-11-8-10-15-6-3)9-7-12-18-14(17)5-2/h5,13,15-16H,2,4,6-12H2,1,3H3. The summed E-state index contributed by atoms with van der Waals surface area (Å²) < 4.78 is 4.95. The van der Waals surface area contributed by atoms with Gasteiger partial charge in [0.2, 0.25) is 0 Å². The van der Waals surface area contributed by atoms with Gasteiger partial charge in [0, 0.05) is 12.1 Å². The molecule has 0 heterocycles. The van der Waals surface area contributed by atoms with E-state index in [9.17, 15) is 4.79 Å². The Morgan fingerprint density at radius 2 is 2.11 bits per heavy atom. The molecule has 0 rings (SSSR count). The summed E-state index contributed by atoms with van der Waals surface area (Å²) in [6.07, 6.45) is 5.41. The molecule has 0 amide bonds. The molecule has 0 aromatic carbocycles. The SMILES string of the molecule is C=CC(=O)OCCCC(CC)NCCCNCC. The molecule has 4 heteroatoms. The average molecular weight is 256 g/mol. The fourth-order valence-electron chi connectivity index (χ4n) is 1.71. The molecule has 0 aliphatic heterocycles. The lowest BCUT2D eigenvalue weighted by Crippen LogP contribution is -2.31. The maximum atomic E-state index is 10.8. The summed E-state index contributed by atoms with van der Waals surface area (Å²) in [4.78, 5) is 10.8. The molecule has 2 N–H and O–H groups in total. The fraction of sp³-hybridized carbons (Fsp3) is 0.786. The summed E-state index contributed by atoms with van der Waals surface area (Å²) in [5, 5.41) is 6.83. The van der Waals surface area contributed by atoms with Crippen LogP contribution < -0.4 is 10.6 Å². The number of carbonyl (C=O) groups excluding carboxylic acids is 1. The second-order valence-electron chi connectivity index (χ2n) is 4.28. The predicted octanol–water partition coefficient (Wildman–Crippen LogP) is 1.86. The number of carbonyl (C=O) groups is 1. The van der Waals surface area contributed by atoms with Crippen LogP contribution in [0.5, 0.6) is 0 Å². The fourth-order valence-corrected chi connectivity index (χ4v) is 1.71. The van der Waals surface area contributed by atoms with E-state index in [2.05, 4.69) is 31.1 Å². The molecule has 1 atom stereocenters. The van der Waals surface area contributed by atoms with Gasteiger partial charge in [0.25, 0.3) is 0 Å². The molecule has 0 fully saturated rings. The number of ether oxygens (including phenoxy) is 1. The summed E-state index contributed by atoms with van der Waals surface area (Å²) in [5.41, 5.74) is 0. The summed E-state index contributed by atoms with van der Waals surface area (Å²) in [5.74, 6) is -0.332. The first-order chi connectivity index (χ1) is 8.74. The van der Waals surface area contributed by atoms with Gasteiger partial charge in [-0.3, -0.25) is 0 Å². The smallest absolute Gasteiger partial charge is 0.330 e. The minimum absolute atomic E-state index is 0.332. The number of hydrogen-bond acceptors (Lipinski definition) is 4. The van der Waals surface area contributed by atoms with E-state index in [0.29, 0.717) is 12.6 Å². The Morgan fingerprint density at radius 1 is 1.33 bits per heavy atom. The van der Waals surface area contributed by atoms with Crippen molar-refractivity contribution < 1.29 is 9.53 Å². The Balaban J connectivity index is 3.46. The van der Waals surface area contributed by atoms with Crippen LogP contribution in [0.15, 0.2) is 12.7 Å². The highest BCUT2D eigenvalue weighted by atomic mass is 16.5. The van der Waals surface area contributed by atoms with Crippen LogP contribution in [0.2, 0.25) is 0 Å². The monoisotopic (exact) mass is 256 g/mol. The molecule has 0 bridgehead atoms. The molecule has 0 aromatic rings. The Labute approximate surface area is 111 Å². The first-order valence-corrected chi connectivity index (χ1v) is 6.97. The quantitative estimate of drug-likeness (QED) is 0.318. The van der Waals surface area contributed by atoms with Gasteiger partial charge in [-0.1, -0.05) is 20.4 Å². The van der Waals surface area contributed by atoms with Crippen LogP contribution in [0, 0.1) is 0 Å². The van der Waals surface area contributed by atoms with Crippen LogP contribution in [0.1, 0.15) is 39.5 Å². The van der Waals surface area contributed by atoms with E-state index in [-0.39, 0.29) is 5.97 Å². The summed E-state index contributed by atoms with van der Waals surface area (Å²) in [6.45, 7) is 11.3. The van der Waals surface area contributed by atoms with Crippen molar-refractivity contribution in [2.24, 2.45) is 0 Å². The second-order valence-corrected chi connectivity index (χ2v) is 4.28.